The van der Waals surface area contributed by atoms with E-state index in [4.69, 9.17) is 0 Å². The molecule has 0 radical (unpaired) electrons. The topological polar surface area (TPSA) is 88.5 Å². The van der Waals surface area contributed by atoms with Crippen molar-refractivity contribution in [2.45, 2.75) is 19.9 Å². The van der Waals surface area contributed by atoms with Gasteiger partial charge >= 0.3 is 0 Å². The number of nitrogens with zero attached hydrogens (tertiary/aromatic N) is 4. The number of anilines is 1. The van der Waals surface area contributed by atoms with E-state index in [-0.39, 0.29) is 11.6 Å². The predicted molar refractivity (Wildman–Crippen MR) is 118 cm³/mol. The molecular formula is C23H19FN6O. The van der Waals surface area contributed by atoms with Crippen molar-refractivity contribution in [1.82, 2.24) is 24.5 Å². The molecule has 8 heteroatoms. The zero-order valence-corrected chi connectivity index (χ0v) is 16.9. The van der Waals surface area contributed by atoms with E-state index in [0.29, 0.717) is 33.7 Å². The molecule has 0 aliphatic carbocycles. The second-order valence-electron chi connectivity index (χ2n) is 7.42. The molecule has 2 N–H and O–H groups in total. The number of hydrogen-bond acceptors (Lipinski definition) is 5. The van der Waals surface area contributed by atoms with Crippen LogP contribution in [0, 0.1) is 12.7 Å². The van der Waals surface area contributed by atoms with Crippen LogP contribution in [0.15, 0.2) is 66.0 Å². The van der Waals surface area contributed by atoms with Gasteiger partial charge in [-0.15, -0.1) is 0 Å². The Labute approximate surface area is 176 Å². The normalized spacial score (nSPS) is 12.4. The minimum atomic E-state index is -0.408. The van der Waals surface area contributed by atoms with Crippen LogP contribution in [-0.4, -0.2) is 24.5 Å². The van der Waals surface area contributed by atoms with E-state index in [1.165, 1.54) is 18.5 Å². The third-order valence-electron chi connectivity index (χ3n) is 5.36. The van der Waals surface area contributed by atoms with Crippen LogP contribution in [-0.2, 0) is 0 Å². The minimum absolute atomic E-state index is 0.197. The quantitative estimate of drug-likeness (QED) is 0.458. The van der Waals surface area contributed by atoms with E-state index in [1.54, 1.807) is 23.0 Å². The number of fused-ring (bicyclic) bond motifs is 2. The van der Waals surface area contributed by atoms with Crippen molar-refractivity contribution in [3.05, 3.63) is 88.6 Å². The predicted octanol–water partition coefficient (Wildman–Crippen LogP) is 4.28. The first kappa shape index (κ1) is 18.9. The number of aromatic amines is 1. The van der Waals surface area contributed by atoms with Gasteiger partial charge < -0.3 is 10.3 Å². The summed E-state index contributed by atoms with van der Waals surface area (Å²) in [5, 5.41) is 4.77. The third-order valence-corrected chi connectivity index (χ3v) is 5.36. The van der Waals surface area contributed by atoms with E-state index >= 15 is 0 Å². The average molecular weight is 414 g/mol. The molecular weight excluding hydrogens is 395 g/mol. The second-order valence-corrected chi connectivity index (χ2v) is 7.42. The van der Waals surface area contributed by atoms with Gasteiger partial charge in [-0.05, 0) is 49.1 Å². The number of benzene rings is 2. The van der Waals surface area contributed by atoms with Gasteiger partial charge in [0.25, 0.3) is 5.56 Å². The number of hydrogen-bond donors (Lipinski definition) is 2. The molecule has 0 amide bonds. The molecule has 0 aliphatic rings. The summed E-state index contributed by atoms with van der Waals surface area (Å²) in [6.07, 6.45) is 3.00. The Kier molecular flexibility index (Phi) is 4.47. The van der Waals surface area contributed by atoms with Gasteiger partial charge in [0.15, 0.2) is 11.5 Å². The Morgan fingerprint density at radius 3 is 2.77 bits per heavy atom. The molecule has 1 atom stereocenters. The van der Waals surface area contributed by atoms with Crippen LogP contribution in [0.3, 0.4) is 0 Å². The van der Waals surface area contributed by atoms with Crippen LogP contribution in [0.1, 0.15) is 24.2 Å². The van der Waals surface area contributed by atoms with E-state index in [1.807, 2.05) is 38.1 Å². The maximum atomic E-state index is 14.0. The zero-order valence-electron chi connectivity index (χ0n) is 16.9. The fourth-order valence-corrected chi connectivity index (χ4v) is 3.91. The first-order valence-electron chi connectivity index (χ1n) is 9.85. The van der Waals surface area contributed by atoms with Crippen LogP contribution in [0.5, 0.6) is 0 Å². The molecule has 7 nitrogen and oxygen atoms in total. The fourth-order valence-electron chi connectivity index (χ4n) is 3.91. The lowest BCUT2D eigenvalue weighted by atomic mass is 10.0. The van der Waals surface area contributed by atoms with Crippen molar-refractivity contribution in [1.29, 1.82) is 0 Å². The van der Waals surface area contributed by atoms with Gasteiger partial charge in [-0.1, -0.05) is 24.3 Å². The van der Waals surface area contributed by atoms with Gasteiger partial charge in [0, 0.05) is 5.69 Å². The number of imidazole rings is 1. The summed E-state index contributed by atoms with van der Waals surface area (Å²) in [5.74, 6) is 0.135. The van der Waals surface area contributed by atoms with E-state index < -0.39 is 5.82 Å². The summed E-state index contributed by atoms with van der Waals surface area (Å²) in [5.41, 5.74) is 3.03. The van der Waals surface area contributed by atoms with Crippen molar-refractivity contribution in [2.75, 3.05) is 5.32 Å². The largest absolute Gasteiger partial charge is 0.360 e. The molecule has 0 bridgehead atoms. The van der Waals surface area contributed by atoms with E-state index in [9.17, 15) is 9.18 Å². The number of rotatable bonds is 4. The van der Waals surface area contributed by atoms with E-state index in [2.05, 4.69) is 25.3 Å². The monoisotopic (exact) mass is 414 g/mol. The molecule has 31 heavy (non-hydrogen) atoms. The summed E-state index contributed by atoms with van der Waals surface area (Å²) < 4.78 is 15.6. The van der Waals surface area contributed by atoms with Crippen molar-refractivity contribution in [3.8, 4) is 5.69 Å². The number of halogens is 1. The van der Waals surface area contributed by atoms with Gasteiger partial charge in [0.1, 0.15) is 17.7 Å². The molecule has 0 saturated heterocycles. The summed E-state index contributed by atoms with van der Waals surface area (Å²) >= 11 is 0. The zero-order chi connectivity index (χ0) is 21.5. The minimum Gasteiger partial charge on any atom is -0.360 e. The molecule has 5 rings (SSSR count). The number of nitrogens with one attached hydrogen (secondary N) is 2. The van der Waals surface area contributed by atoms with Gasteiger partial charge in [0.2, 0.25) is 0 Å². The molecule has 5 aromatic rings. The fraction of sp³-hybridized carbons (Fsp3) is 0.130. The number of pyridine rings is 1. The highest BCUT2D eigenvalue weighted by Gasteiger charge is 2.19. The second kappa shape index (κ2) is 7.32. The Balaban J connectivity index is 1.72. The van der Waals surface area contributed by atoms with Gasteiger partial charge in [-0.2, -0.15) is 0 Å². The summed E-state index contributed by atoms with van der Waals surface area (Å²) in [4.78, 5) is 29.3. The van der Waals surface area contributed by atoms with Crippen LogP contribution >= 0.6 is 0 Å². The Morgan fingerprint density at radius 1 is 1.10 bits per heavy atom. The summed E-state index contributed by atoms with van der Waals surface area (Å²) in [7, 11) is 0. The van der Waals surface area contributed by atoms with Crippen molar-refractivity contribution in [3.63, 3.8) is 0 Å². The highest BCUT2D eigenvalue weighted by Crippen LogP contribution is 2.26. The highest BCUT2D eigenvalue weighted by molar-refractivity contribution is 5.86. The molecule has 0 fully saturated rings. The van der Waals surface area contributed by atoms with Crippen LogP contribution in [0.25, 0.3) is 27.6 Å². The smallest absolute Gasteiger partial charge is 0.263 e. The van der Waals surface area contributed by atoms with Crippen LogP contribution in [0.2, 0.25) is 0 Å². The Bertz CT molecular complexity index is 1490. The Morgan fingerprint density at radius 2 is 1.94 bits per heavy atom. The summed E-state index contributed by atoms with van der Waals surface area (Å²) in [6, 6.07) is 13.4. The molecule has 154 valence electrons. The molecule has 0 aliphatic heterocycles. The Hall–Kier alpha value is -4.07. The molecule has 0 unspecified atom stereocenters. The lowest BCUT2D eigenvalue weighted by Crippen LogP contribution is -2.26. The first-order valence-corrected chi connectivity index (χ1v) is 9.85. The molecule has 0 spiro atoms. The SMILES string of the molecule is Cc1cccc2cc([C@H](C)Nc3ncnc4[nH]cnc34)n(-c3cccc(F)c3)c(=O)c12. The highest BCUT2D eigenvalue weighted by atomic mass is 19.1. The number of H-pyrrole nitrogens is 1. The van der Waals surface area contributed by atoms with Crippen molar-refractivity contribution >= 4 is 27.8 Å². The number of aromatic nitrogens is 5. The van der Waals surface area contributed by atoms with Crippen LogP contribution < -0.4 is 10.9 Å². The van der Waals surface area contributed by atoms with Gasteiger partial charge in [-0.25, -0.2) is 19.3 Å². The number of aryl methyl sites for hydroxylation is 1. The maximum Gasteiger partial charge on any atom is 0.263 e. The lowest BCUT2D eigenvalue weighted by molar-refractivity contribution is 0.625. The first-order chi connectivity index (χ1) is 15.0. The molecule has 3 heterocycles. The molecule has 3 aromatic heterocycles. The molecule has 2 aromatic carbocycles. The molecule has 0 saturated carbocycles. The average Bonchev–Trinajstić information content (AvgIpc) is 3.23. The van der Waals surface area contributed by atoms with Gasteiger partial charge in [-0.3, -0.25) is 9.36 Å². The van der Waals surface area contributed by atoms with Gasteiger partial charge in [0.05, 0.1) is 23.4 Å². The van der Waals surface area contributed by atoms with E-state index in [0.717, 1.165) is 10.9 Å². The maximum absolute atomic E-state index is 14.0. The summed E-state index contributed by atoms with van der Waals surface area (Å²) in [6.45, 7) is 3.82. The van der Waals surface area contributed by atoms with Crippen molar-refractivity contribution in [2.24, 2.45) is 0 Å². The van der Waals surface area contributed by atoms with Crippen LogP contribution in [0.4, 0.5) is 10.2 Å². The van der Waals surface area contributed by atoms with Crippen molar-refractivity contribution < 1.29 is 4.39 Å². The standard InChI is InChI=1S/C23H19FN6O/c1-13-5-3-6-15-9-18(14(2)29-22-20-21(26-11-25-20)27-12-28-22)30(23(31)19(13)15)17-8-4-7-16(24)10-17/h3-12,14H,1-2H3,(H2,25,26,27,28,29)/t14-/m0/s1. The lowest BCUT2D eigenvalue weighted by Gasteiger charge is -2.22. The third kappa shape index (κ3) is 3.22.